The van der Waals surface area contributed by atoms with Gasteiger partial charge in [-0.2, -0.15) is 0 Å². The lowest BCUT2D eigenvalue weighted by atomic mass is 10.1. The molecule has 1 heterocycles. The number of hydrogen-bond acceptors (Lipinski definition) is 3. The van der Waals surface area contributed by atoms with Crippen molar-refractivity contribution in [1.29, 1.82) is 0 Å². The number of nitrogens with zero attached hydrogens (tertiary/aromatic N) is 1. The van der Waals surface area contributed by atoms with E-state index in [2.05, 4.69) is 0 Å². The zero-order valence-electron chi connectivity index (χ0n) is 9.93. The molecule has 2 rings (SSSR count). The molecule has 1 atom stereocenters. The molecule has 1 aliphatic heterocycles. The van der Waals surface area contributed by atoms with Crippen LogP contribution in [-0.4, -0.2) is 35.4 Å². The maximum atomic E-state index is 11.6. The molecule has 1 aliphatic rings. The van der Waals surface area contributed by atoms with Gasteiger partial charge in [-0.3, -0.25) is 0 Å². The van der Waals surface area contributed by atoms with E-state index >= 15 is 0 Å². The van der Waals surface area contributed by atoms with E-state index in [0.29, 0.717) is 19.5 Å². The molecule has 0 radical (unpaired) electrons. The smallest absolute Gasteiger partial charge is 0.410 e. The maximum absolute atomic E-state index is 11.6. The highest BCUT2D eigenvalue weighted by atomic mass is 16.6. The fourth-order valence-electron chi connectivity index (χ4n) is 1.91. The van der Waals surface area contributed by atoms with E-state index in [0.717, 1.165) is 5.56 Å². The summed E-state index contributed by atoms with van der Waals surface area (Å²) in [6.07, 6.45) is 0.0536. The molecular formula is C13H17NO3. The molecule has 1 aromatic carbocycles. The van der Waals surface area contributed by atoms with Crippen LogP contribution in [0.5, 0.6) is 0 Å². The molecule has 0 aliphatic carbocycles. The van der Waals surface area contributed by atoms with Gasteiger partial charge in [0.25, 0.3) is 0 Å². The highest BCUT2D eigenvalue weighted by Crippen LogP contribution is 2.17. The van der Waals surface area contributed by atoms with Crippen molar-refractivity contribution in [2.45, 2.75) is 26.0 Å². The van der Waals surface area contributed by atoms with Gasteiger partial charge in [0.15, 0.2) is 0 Å². The second-order valence-corrected chi connectivity index (χ2v) is 4.38. The Hall–Kier alpha value is -1.55. The highest BCUT2D eigenvalue weighted by molar-refractivity contribution is 5.69. The first-order valence-corrected chi connectivity index (χ1v) is 5.81. The van der Waals surface area contributed by atoms with E-state index in [9.17, 15) is 4.79 Å². The molecule has 1 N–H and O–H groups in total. The van der Waals surface area contributed by atoms with Gasteiger partial charge in [-0.1, -0.05) is 29.8 Å². The number of amides is 1. The monoisotopic (exact) mass is 235 g/mol. The number of carbonyl (C=O) groups excluding carboxylic acids is 1. The molecule has 1 unspecified atom stereocenters. The fraction of sp³-hybridized carbons (Fsp3) is 0.462. The average Bonchev–Trinajstić information content (AvgIpc) is 2.63. The molecule has 1 amide bonds. The number of carbonyl (C=O) groups is 1. The Kier molecular flexibility index (Phi) is 3.64. The SMILES string of the molecule is Cc1ccc(CN2CC(CCO)OC2=O)cc1. The van der Waals surface area contributed by atoms with Crippen molar-refractivity contribution >= 4 is 6.09 Å². The Balaban J connectivity index is 1.95. The molecule has 1 aromatic rings. The normalized spacial score (nSPS) is 19.5. The number of aliphatic hydroxyl groups excluding tert-OH is 1. The van der Waals surface area contributed by atoms with Crippen molar-refractivity contribution in [2.75, 3.05) is 13.2 Å². The lowest BCUT2D eigenvalue weighted by Crippen LogP contribution is -2.24. The third-order valence-corrected chi connectivity index (χ3v) is 2.89. The summed E-state index contributed by atoms with van der Waals surface area (Å²) in [5.41, 5.74) is 2.30. The van der Waals surface area contributed by atoms with Crippen molar-refractivity contribution in [3.8, 4) is 0 Å². The van der Waals surface area contributed by atoms with Gasteiger partial charge in [-0.25, -0.2) is 4.79 Å². The Morgan fingerprint density at radius 1 is 1.41 bits per heavy atom. The van der Waals surface area contributed by atoms with Crippen molar-refractivity contribution < 1.29 is 14.6 Å². The number of aryl methyl sites for hydroxylation is 1. The Morgan fingerprint density at radius 2 is 2.12 bits per heavy atom. The second-order valence-electron chi connectivity index (χ2n) is 4.38. The third-order valence-electron chi connectivity index (χ3n) is 2.89. The van der Waals surface area contributed by atoms with Crippen molar-refractivity contribution in [2.24, 2.45) is 0 Å². The quantitative estimate of drug-likeness (QED) is 0.864. The molecular weight excluding hydrogens is 218 g/mol. The van der Waals surface area contributed by atoms with E-state index in [1.807, 2.05) is 31.2 Å². The van der Waals surface area contributed by atoms with Crippen molar-refractivity contribution in [1.82, 2.24) is 4.90 Å². The second kappa shape index (κ2) is 5.19. The van der Waals surface area contributed by atoms with E-state index in [4.69, 9.17) is 9.84 Å². The van der Waals surface area contributed by atoms with E-state index in [1.54, 1.807) is 4.90 Å². The van der Waals surface area contributed by atoms with Crippen LogP contribution in [0.4, 0.5) is 4.79 Å². The number of cyclic esters (lactones) is 1. The number of rotatable bonds is 4. The van der Waals surface area contributed by atoms with Crippen LogP contribution in [-0.2, 0) is 11.3 Å². The lowest BCUT2D eigenvalue weighted by molar-refractivity contribution is 0.117. The average molecular weight is 235 g/mol. The minimum Gasteiger partial charge on any atom is -0.444 e. The molecule has 92 valence electrons. The van der Waals surface area contributed by atoms with E-state index in [1.165, 1.54) is 5.56 Å². The number of benzene rings is 1. The summed E-state index contributed by atoms with van der Waals surface area (Å²) in [5.74, 6) is 0. The highest BCUT2D eigenvalue weighted by Gasteiger charge is 2.30. The van der Waals surface area contributed by atoms with Gasteiger partial charge < -0.3 is 14.7 Å². The Morgan fingerprint density at radius 3 is 2.76 bits per heavy atom. The van der Waals surface area contributed by atoms with Crippen LogP contribution in [0.1, 0.15) is 17.5 Å². The number of aliphatic hydroxyl groups is 1. The molecule has 0 saturated carbocycles. The van der Waals surface area contributed by atoms with Crippen LogP contribution < -0.4 is 0 Å². The van der Waals surface area contributed by atoms with Gasteiger partial charge in [-0.15, -0.1) is 0 Å². The summed E-state index contributed by atoms with van der Waals surface area (Å²) < 4.78 is 5.14. The molecule has 0 spiro atoms. The summed E-state index contributed by atoms with van der Waals surface area (Å²) >= 11 is 0. The largest absolute Gasteiger partial charge is 0.444 e. The van der Waals surface area contributed by atoms with Crippen LogP contribution in [0.25, 0.3) is 0 Å². The molecule has 17 heavy (non-hydrogen) atoms. The molecule has 1 saturated heterocycles. The van der Waals surface area contributed by atoms with Gasteiger partial charge >= 0.3 is 6.09 Å². The van der Waals surface area contributed by atoms with Crippen molar-refractivity contribution in [3.05, 3.63) is 35.4 Å². The molecule has 0 bridgehead atoms. The summed E-state index contributed by atoms with van der Waals surface area (Å²) in [6.45, 7) is 3.22. The fourth-order valence-corrected chi connectivity index (χ4v) is 1.91. The Labute approximate surface area is 101 Å². The summed E-state index contributed by atoms with van der Waals surface area (Å²) in [4.78, 5) is 13.2. The first-order valence-electron chi connectivity index (χ1n) is 5.81. The van der Waals surface area contributed by atoms with Crippen molar-refractivity contribution in [3.63, 3.8) is 0 Å². The molecule has 4 nitrogen and oxygen atoms in total. The first-order chi connectivity index (χ1) is 8.19. The topological polar surface area (TPSA) is 49.8 Å². The van der Waals surface area contributed by atoms with Gasteiger partial charge in [0.05, 0.1) is 6.54 Å². The van der Waals surface area contributed by atoms with E-state index < -0.39 is 0 Å². The van der Waals surface area contributed by atoms with Crippen LogP contribution in [0.2, 0.25) is 0 Å². The molecule has 0 aromatic heterocycles. The van der Waals surface area contributed by atoms with Gasteiger partial charge in [0, 0.05) is 19.6 Å². The van der Waals surface area contributed by atoms with Crippen LogP contribution in [0.15, 0.2) is 24.3 Å². The summed E-state index contributed by atoms with van der Waals surface area (Å²) in [6, 6.07) is 8.09. The Bertz CT molecular complexity index is 388. The maximum Gasteiger partial charge on any atom is 0.410 e. The summed E-state index contributed by atoms with van der Waals surface area (Å²) in [5, 5.41) is 8.81. The zero-order chi connectivity index (χ0) is 12.3. The van der Waals surface area contributed by atoms with Crippen LogP contribution in [0.3, 0.4) is 0 Å². The predicted molar refractivity (Wildman–Crippen MR) is 63.6 cm³/mol. The molecule has 1 fully saturated rings. The third kappa shape index (κ3) is 2.97. The minimum absolute atomic E-state index is 0.0519. The van der Waals surface area contributed by atoms with Gasteiger partial charge in [-0.05, 0) is 12.5 Å². The number of ether oxygens (including phenoxy) is 1. The van der Waals surface area contributed by atoms with Crippen LogP contribution in [0, 0.1) is 6.92 Å². The zero-order valence-corrected chi connectivity index (χ0v) is 9.93. The predicted octanol–water partition coefficient (Wildman–Crippen LogP) is 1.70. The number of hydrogen-bond donors (Lipinski definition) is 1. The van der Waals surface area contributed by atoms with Gasteiger partial charge in [0.2, 0.25) is 0 Å². The lowest BCUT2D eigenvalue weighted by Gasteiger charge is -2.12. The van der Waals surface area contributed by atoms with Crippen LogP contribution >= 0.6 is 0 Å². The first kappa shape index (κ1) is 11.9. The van der Waals surface area contributed by atoms with Gasteiger partial charge in [0.1, 0.15) is 6.10 Å². The minimum atomic E-state index is -0.288. The van der Waals surface area contributed by atoms with E-state index in [-0.39, 0.29) is 18.8 Å². The summed E-state index contributed by atoms with van der Waals surface area (Å²) in [7, 11) is 0. The standard InChI is InChI=1S/C13H17NO3/c1-10-2-4-11(5-3-10)8-14-9-12(6-7-15)17-13(14)16/h2-5,12,15H,6-9H2,1H3. The molecule has 4 heteroatoms.